The number of hydrogen-bond acceptors (Lipinski definition) is 3. The molecule has 0 saturated carbocycles. The highest BCUT2D eigenvalue weighted by molar-refractivity contribution is 9.10. The molecule has 1 aromatic rings. The lowest BCUT2D eigenvalue weighted by Crippen LogP contribution is -2.45. The van der Waals surface area contributed by atoms with Crippen molar-refractivity contribution in [1.82, 2.24) is 0 Å². The van der Waals surface area contributed by atoms with Crippen LogP contribution in [0.1, 0.15) is 19.4 Å². The number of rotatable bonds is 3. The molecule has 84 valence electrons. The first kappa shape index (κ1) is 12.5. The second-order valence-corrected chi connectivity index (χ2v) is 4.87. The van der Waals surface area contributed by atoms with Crippen LogP contribution in [0.5, 0.6) is 0 Å². The van der Waals surface area contributed by atoms with Gasteiger partial charge in [-0.05, 0) is 32.0 Å². The number of carbonyl (C=O) groups is 1. The van der Waals surface area contributed by atoms with Gasteiger partial charge in [-0.1, -0.05) is 15.9 Å². The third kappa shape index (κ3) is 2.97. The van der Waals surface area contributed by atoms with E-state index in [1.54, 1.807) is 32.0 Å². The lowest BCUT2D eigenvalue weighted by Gasteiger charge is -2.23. The second kappa shape index (κ2) is 4.54. The fourth-order valence-corrected chi connectivity index (χ4v) is 1.64. The molecule has 3 N–H and O–H groups in total. The van der Waals surface area contributed by atoms with Crippen LogP contribution in [0.3, 0.4) is 0 Å². The number of nitrogens with zero attached hydrogens (tertiary/aromatic N) is 1. The summed E-state index contributed by atoms with van der Waals surface area (Å²) in [6.45, 7) is 3.37. The molecule has 16 heavy (non-hydrogen) atoms. The van der Waals surface area contributed by atoms with Gasteiger partial charge in [0.25, 0.3) is 0 Å². The summed E-state index contributed by atoms with van der Waals surface area (Å²) in [5, 5.41) is 11.8. The van der Waals surface area contributed by atoms with Gasteiger partial charge in [-0.25, -0.2) is 0 Å². The van der Waals surface area contributed by atoms with E-state index in [0.717, 1.165) is 4.47 Å². The van der Waals surface area contributed by atoms with Crippen molar-refractivity contribution in [3.63, 3.8) is 0 Å². The van der Waals surface area contributed by atoms with E-state index < -0.39 is 11.4 Å². The van der Waals surface area contributed by atoms with Crippen LogP contribution in [0.15, 0.2) is 22.7 Å². The molecule has 1 rings (SSSR count). The Kier molecular flexibility index (Phi) is 3.55. The fourth-order valence-electron chi connectivity index (χ4n) is 1.15. The number of anilines is 1. The topological polar surface area (TPSA) is 78.9 Å². The Morgan fingerprint density at radius 3 is 2.62 bits per heavy atom. The highest BCUT2D eigenvalue weighted by atomic mass is 79.9. The maximum atomic E-state index is 11.1. The Morgan fingerprint density at radius 1 is 1.50 bits per heavy atom. The molecule has 0 spiro atoms. The van der Waals surface area contributed by atoms with Gasteiger partial charge in [0.15, 0.2) is 0 Å². The average molecular weight is 282 g/mol. The van der Waals surface area contributed by atoms with E-state index in [1.165, 1.54) is 0 Å². The van der Waals surface area contributed by atoms with Crippen molar-refractivity contribution in [2.45, 2.75) is 19.4 Å². The van der Waals surface area contributed by atoms with E-state index in [1.807, 2.05) is 6.07 Å². The summed E-state index contributed by atoms with van der Waals surface area (Å²) >= 11 is 3.29. The lowest BCUT2D eigenvalue weighted by atomic mass is 10.0. The highest BCUT2D eigenvalue weighted by Crippen LogP contribution is 2.22. The summed E-state index contributed by atoms with van der Waals surface area (Å²) < 4.78 is 0.773. The molecular formula is C11H12BrN3O. The van der Waals surface area contributed by atoms with Crippen molar-refractivity contribution in [1.29, 1.82) is 5.26 Å². The summed E-state index contributed by atoms with van der Waals surface area (Å²) in [5.74, 6) is -0.453. The van der Waals surface area contributed by atoms with Gasteiger partial charge >= 0.3 is 0 Å². The van der Waals surface area contributed by atoms with Crippen LogP contribution >= 0.6 is 15.9 Å². The first-order valence-corrected chi connectivity index (χ1v) is 5.43. The summed E-state index contributed by atoms with van der Waals surface area (Å²) in [7, 11) is 0. The molecule has 0 unspecified atom stereocenters. The molecule has 0 aliphatic rings. The first-order chi connectivity index (χ1) is 7.35. The number of carbonyl (C=O) groups excluding carboxylic acids is 1. The van der Waals surface area contributed by atoms with Crippen LogP contribution in [0.2, 0.25) is 0 Å². The molecule has 0 saturated heterocycles. The van der Waals surface area contributed by atoms with Gasteiger partial charge in [0.1, 0.15) is 5.54 Å². The first-order valence-electron chi connectivity index (χ1n) is 4.64. The van der Waals surface area contributed by atoms with Gasteiger partial charge in [-0.3, -0.25) is 4.79 Å². The number of benzene rings is 1. The molecule has 1 amide bonds. The molecule has 0 atom stereocenters. The third-order valence-corrected chi connectivity index (χ3v) is 2.56. The van der Waals surface area contributed by atoms with Crippen LogP contribution in [0.25, 0.3) is 0 Å². The van der Waals surface area contributed by atoms with E-state index >= 15 is 0 Å². The minimum absolute atomic E-state index is 0.453. The SMILES string of the molecule is CC(C)(Nc1cc(Br)cc(C#N)c1)C(N)=O. The quantitative estimate of drug-likeness (QED) is 0.889. The van der Waals surface area contributed by atoms with Crippen LogP contribution in [0.4, 0.5) is 5.69 Å². The zero-order chi connectivity index (χ0) is 12.3. The maximum Gasteiger partial charge on any atom is 0.242 e. The van der Waals surface area contributed by atoms with E-state index in [-0.39, 0.29) is 0 Å². The summed E-state index contributed by atoms with van der Waals surface area (Å²) in [6, 6.07) is 7.18. The van der Waals surface area contributed by atoms with Gasteiger partial charge in [0.05, 0.1) is 11.6 Å². The number of amides is 1. The Labute approximate surface area is 103 Å². The number of halogens is 1. The van der Waals surface area contributed by atoms with Crippen LogP contribution < -0.4 is 11.1 Å². The Hall–Kier alpha value is -1.54. The predicted molar refractivity (Wildman–Crippen MR) is 65.8 cm³/mol. The number of nitriles is 1. The second-order valence-electron chi connectivity index (χ2n) is 3.95. The lowest BCUT2D eigenvalue weighted by molar-refractivity contribution is -0.121. The number of hydrogen-bond donors (Lipinski definition) is 2. The Bertz CT molecular complexity index is 463. The predicted octanol–water partition coefficient (Wildman–Crippen LogP) is 2.00. The van der Waals surface area contributed by atoms with Crippen molar-refractivity contribution in [3.05, 3.63) is 28.2 Å². The van der Waals surface area contributed by atoms with Crippen molar-refractivity contribution < 1.29 is 4.79 Å². The maximum absolute atomic E-state index is 11.1. The highest BCUT2D eigenvalue weighted by Gasteiger charge is 2.24. The van der Waals surface area contributed by atoms with Crippen LogP contribution in [-0.2, 0) is 4.79 Å². The van der Waals surface area contributed by atoms with E-state index in [4.69, 9.17) is 11.0 Å². The van der Waals surface area contributed by atoms with Crippen molar-refractivity contribution in [3.8, 4) is 6.07 Å². The van der Waals surface area contributed by atoms with Gasteiger partial charge in [-0.2, -0.15) is 5.26 Å². The van der Waals surface area contributed by atoms with Gasteiger partial charge in [0, 0.05) is 10.2 Å². The van der Waals surface area contributed by atoms with Crippen molar-refractivity contribution in [2.75, 3.05) is 5.32 Å². The molecule has 1 aromatic carbocycles. The average Bonchev–Trinajstić information content (AvgIpc) is 2.15. The molecule has 0 fully saturated rings. The Balaban J connectivity index is 3.03. The molecule has 5 heteroatoms. The molecule has 0 bridgehead atoms. The zero-order valence-corrected chi connectivity index (χ0v) is 10.6. The number of primary amides is 1. The molecule has 0 heterocycles. The van der Waals surface area contributed by atoms with Gasteiger partial charge in [-0.15, -0.1) is 0 Å². The molecular weight excluding hydrogens is 270 g/mol. The Morgan fingerprint density at radius 2 is 2.12 bits per heavy atom. The van der Waals surface area contributed by atoms with Gasteiger partial charge in [0.2, 0.25) is 5.91 Å². The summed E-state index contributed by atoms with van der Waals surface area (Å²) in [4.78, 5) is 11.1. The van der Waals surface area contributed by atoms with E-state index in [2.05, 4.69) is 21.2 Å². The minimum Gasteiger partial charge on any atom is -0.372 e. The van der Waals surface area contributed by atoms with Crippen LogP contribution in [0, 0.1) is 11.3 Å². The molecule has 0 aliphatic carbocycles. The van der Waals surface area contributed by atoms with Gasteiger partial charge < -0.3 is 11.1 Å². The summed E-state index contributed by atoms with van der Waals surface area (Å²) in [5.41, 5.74) is 5.58. The number of nitrogens with one attached hydrogen (secondary N) is 1. The molecule has 0 aliphatic heterocycles. The van der Waals surface area contributed by atoms with E-state index in [0.29, 0.717) is 11.3 Å². The standard InChI is InChI=1S/C11H12BrN3O/c1-11(2,10(14)16)15-9-4-7(6-13)3-8(12)5-9/h3-5,15H,1-2H3,(H2,14,16). The van der Waals surface area contributed by atoms with Crippen molar-refractivity contribution >= 4 is 27.5 Å². The minimum atomic E-state index is -0.854. The molecule has 0 aromatic heterocycles. The fraction of sp³-hybridized carbons (Fsp3) is 0.273. The van der Waals surface area contributed by atoms with E-state index in [9.17, 15) is 4.79 Å². The third-order valence-electron chi connectivity index (χ3n) is 2.10. The monoisotopic (exact) mass is 281 g/mol. The number of nitrogens with two attached hydrogens (primary N) is 1. The largest absolute Gasteiger partial charge is 0.372 e. The smallest absolute Gasteiger partial charge is 0.242 e. The summed E-state index contributed by atoms with van der Waals surface area (Å²) in [6.07, 6.45) is 0. The normalized spacial score (nSPS) is 10.6. The molecule has 0 radical (unpaired) electrons. The van der Waals surface area contributed by atoms with Crippen molar-refractivity contribution in [2.24, 2.45) is 5.73 Å². The molecule has 4 nitrogen and oxygen atoms in total. The zero-order valence-electron chi connectivity index (χ0n) is 9.04. The van der Waals surface area contributed by atoms with Crippen LogP contribution in [-0.4, -0.2) is 11.4 Å².